The summed E-state index contributed by atoms with van der Waals surface area (Å²) in [5, 5.41) is 5.62. The van der Waals surface area contributed by atoms with Gasteiger partial charge in [0.15, 0.2) is 0 Å². The van der Waals surface area contributed by atoms with Crippen LogP contribution in [0.4, 0.5) is 0 Å². The summed E-state index contributed by atoms with van der Waals surface area (Å²) >= 11 is 0. The van der Waals surface area contributed by atoms with E-state index in [1.165, 1.54) is 0 Å². The Balaban J connectivity index is 3.35. The first-order valence-corrected chi connectivity index (χ1v) is 2.69. The molecule has 0 radical (unpaired) electrons. The molecular formula is C6H12N2. The SMILES string of the molecule is C=CN(C)/N=C\CC. The van der Waals surface area contributed by atoms with Crippen molar-refractivity contribution in [3.63, 3.8) is 0 Å². The van der Waals surface area contributed by atoms with Gasteiger partial charge in [-0.25, -0.2) is 0 Å². The molecule has 0 aromatic rings. The van der Waals surface area contributed by atoms with Gasteiger partial charge >= 0.3 is 0 Å². The van der Waals surface area contributed by atoms with E-state index in [1.807, 2.05) is 20.2 Å². The van der Waals surface area contributed by atoms with Crippen LogP contribution < -0.4 is 0 Å². The van der Waals surface area contributed by atoms with Crippen LogP contribution in [0.2, 0.25) is 0 Å². The molecule has 0 heterocycles. The molecule has 2 nitrogen and oxygen atoms in total. The molecule has 0 unspecified atom stereocenters. The van der Waals surface area contributed by atoms with Gasteiger partial charge in [0.25, 0.3) is 0 Å². The summed E-state index contributed by atoms with van der Waals surface area (Å²) in [6, 6.07) is 0. The lowest BCUT2D eigenvalue weighted by Gasteiger charge is -2.01. The lowest BCUT2D eigenvalue weighted by molar-refractivity contribution is 0.493. The van der Waals surface area contributed by atoms with Crippen molar-refractivity contribution in [2.75, 3.05) is 7.05 Å². The molecule has 0 saturated carbocycles. The van der Waals surface area contributed by atoms with E-state index < -0.39 is 0 Å². The summed E-state index contributed by atoms with van der Waals surface area (Å²) in [7, 11) is 1.85. The molecule has 0 atom stereocenters. The highest BCUT2D eigenvalue weighted by Gasteiger charge is 1.74. The Morgan fingerprint density at radius 3 is 2.75 bits per heavy atom. The second-order valence-electron chi connectivity index (χ2n) is 1.46. The van der Waals surface area contributed by atoms with E-state index in [9.17, 15) is 0 Å². The normalized spacial score (nSPS) is 9.75. The highest BCUT2D eigenvalue weighted by atomic mass is 15.4. The Morgan fingerprint density at radius 2 is 2.38 bits per heavy atom. The zero-order valence-corrected chi connectivity index (χ0v) is 5.46. The van der Waals surface area contributed by atoms with Gasteiger partial charge in [0, 0.05) is 19.5 Å². The van der Waals surface area contributed by atoms with E-state index in [2.05, 4.69) is 11.7 Å². The largest absolute Gasteiger partial charge is 0.277 e. The van der Waals surface area contributed by atoms with Crippen molar-refractivity contribution in [1.82, 2.24) is 5.01 Å². The third-order valence-electron chi connectivity index (χ3n) is 0.711. The molecule has 0 aliphatic rings. The predicted molar refractivity (Wildman–Crippen MR) is 36.7 cm³/mol. The van der Waals surface area contributed by atoms with E-state index in [-0.39, 0.29) is 0 Å². The van der Waals surface area contributed by atoms with Gasteiger partial charge in [-0.1, -0.05) is 13.5 Å². The van der Waals surface area contributed by atoms with Gasteiger partial charge < -0.3 is 0 Å². The van der Waals surface area contributed by atoms with Gasteiger partial charge in [-0.2, -0.15) is 5.10 Å². The lowest BCUT2D eigenvalue weighted by Crippen LogP contribution is -1.99. The average molecular weight is 112 g/mol. The third-order valence-corrected chi connectivity index (χ3v) is 0.711. The van der Waals surface area contributed by atoms with Crippen molar-refractivity contribution in [3.05, 3.63) is 12.8 Å². The molecule has 2 heteroatoms. The number of hydrazone groups is 1. The highest BCUT2D eigenvalue weighted by molar-refractivity contribution is 5.56. The van der Waals surface area contributed by atoms with Crippen LogP contribution in [0.15, 0.2) is 17.9 Å². The van der Waals surface area contributed by atoms with Crippen LogP contribution in [0.3, 0.4) is 0 Å². The highest BCUT2D eigenvalue weighted by Crippen LogP contribution is 1.80. The van der Waals surface area contributed by atoms with Gasteiger partial charge in [0.1, 0.15) is 0 Å². The second kappa shape index (κ2) is 4.37. The molecule has 0 aliphatic heterocycles. The molecule has 0 N–H and O–H groups in total. The molecule has 0 spiro atoms. The van der Waals surface area contributed by atoms with Gasteiger partial charge in [-0.15, -0.1) is 0 Å². The third kappa shape index (κ3) is 3.40. The van der Waals surface area contributed by atoms with E-state index in [0.29, 0.717) is 0 Å². The minimum atomic E-state index is 0.970. The molecule has 0 saturated heterocycles. The maximum absolute atomic E-state index is 3.95. The number of hydrogen-bond donors (Lipinski definition) is 0. The second-order valence-corrected chi connectivity index (χ2v) is 1.46. The number of nitrogens with zero attached hydrogens (tertiary/aromatic N) is 2. The molecule has 0 fully saturated rings. The first kappa shape index (κ1) is 7.21. The van der Waals surface area contributed by atoms with Crippen LogP contribution in [0.5, 0.6) is 0 Å². The van der Waals surface area contributed by atoms with Gasteiger partial charge in [0.05, 0.1) is 0 Å². The van der Waals surface area contributed by atoms with Crippen molar-refractivity contribution < 1.29 is 0 Å². The smallest absolute Gasteiger partial charge is 0.0296 e. The van der Waals surface area contributed by atoms with Gasteiger partial charge in [-0.3, -0.25) is 5.01 Å². The van der Waals surface area contributed by atoms with Crippen LogP contribution in [-0.4, -0.2) is 18.3 Å². The van der Waals surface area contributed by atoms with E-state index in [0.717, 1.165) is 6.42 Å². The molecule has 0 bridgehead atoms. The average Bonchev–Trinajstić information content (AvgIpc) is 1.83. The minimum absolute atomic E-state index is 0.970. The van der Waals surface area contributed by atoms with Crippen molar-refractivity contribution in [3.8, 4) is 0 Å². The minimum Gasteiger partial charge on any atom is -0.277 e. The monoisotopic (exact) mass is 112 g/mol. The Bertz CT molecular complexity index is 86.5. The summed E-state index contributed by atoms with van der Waals surface area (Å²) in [5.41, 5.74) is 0. The summed E-state index contributed by atoms with van der Waals surface area (Å²) in [4.78, 5) is 0. The Kier molecular flexibility index (Phi) is 3.94. The molecule has 46 valence electrons. The molecule has 0 aliphatic carbocycles. The Hall–Kier alpha value is -0.790. The standard InChI is InChI=1S/C6H12N2/c1-4-6-7-8(3)5-2/h5-6H,2,4H2,1,3H3/b7-6-. The van der Waals surface area contributed by atoms with Crippen molar-refractivity contribution >= 4 is 6.21 Å². The van der Waals surface area contributed by atoms with Crippen molar-refractivity contribution in [1.29, 1.82) is 0 Å². The molecule has 0 amide bonds. The van der Waals surface area contributed by atoms with E-state index in [4.69, 9.17) is 0 Å². The Labute approximate surface area is 50.5 Å². The van der Waals surface area contributed by atoms with Crippen molar-refractivity contribution in [2.24, 2.45) is 5.10 Å². The zero-order chi connectivity index (χ0) is 6.41. The van der Waals surface area contributed by atoms with E-state index in [1.54, 1.807) is 11.2 Å². The fourth-order valence-corrected chi connectivity index (χ4v) is 0.258. The molecular weight excluding hydrogens is 100 g/mol. The predicted octanol–water partition coefficient (Wildman–Crippen LogP) is 1.46. The maximum atomic E-state index is 3.95. The summed E-state index contributed by atoms with van der Waals surface area (Å²) in [6.45, 7) is 5.57. The van der Waals surface area contributed by atoms with Gasteiger partial charge in [0.2, 0.25) is 0 Å². The fourth-order valence-electron chi connectivity index (χ4n) is 0.258. The molecule has 0 rings (SSSR count). The molecule has 8 heavy (non-hydrogen) atoms. The van der Waals surface area contributed by atoms with E-state index >= 15 is 0 Å². The first-order chi connectivity index (χ1) is 3.81. The maximum Gasteiger partial charge on any atom is 0.0296 e. The quantitative estimate of drug-likeness (QED) is 0.398. The van der Waals surface area contributed by atoms with Crippen LogP contribution in [0, 0.1) is 0 Å². The zero-order valence-electron chi connectivity index (χ0n) is 5.46. The summed E-state index contributed by atoms with van der Waals surface area (Å²) in [6.07, 6.45) is 4.46. The van der Waals surface area contributed by atoms with Crippen LogP contribution >= 0.6 is 0 Å². The summed E-state index contributed by atoms with van der Waals surface area (Å²) in [5.74, 6) is 0. The molecule has 0 aromatic heterocycles. The summed E-state index contributed by atoms with van der Waals surface area (Å²) < 4.78 is 0. The molecule has 0 aromatic carbocycles. The Morgan fingerprint density at radius 1 is 1.75 bits per heavy atom. The lowest BCUT2D eigenvalue weighted by atomic mass is 10.6. The van der Waals surface area contributed by atoms with Gasteiger partial charge in [-0.05, 0) is 6.42 Å². The number of hydrogen-bond acceptors (Lipinski definition) is 2. The van der Waals surface area contributed by atoms with Crippen molar-refractivity contribution in [2.45, 2.75) is 13.3 Å². The topological polar surface area (TPSA) is 15.6 Å². The van der Waals surface area contributed by atoms with Crippen LogP contribution in [-0.2, 0) is 0 Å². The first-order valence-electron chi connectivity index (χ1n) is 2.69. The fraction of sp³-hybridized carbons (Fsp3) is 0.500. The number of rotatable bonds is 3. The van der Waals surface area contributed by atoms with Crippen LogP contribution in [0.25, 0.3) is 0 Å². The van der Waals surface area contributed by atoms with Crippen LogP contribution in [0.1, 0.15) is 13.3 Å².